The van der Waals surface area contributed by atoms with Crippen molar-refractivity contribution in [2.75, 3.05) is 16.8 Å². The van der Waals surface area contributed by atoms with E-state index in [1.165, 1.54) is 19.3 Å². The molecule has 1 saturated heterocycles. The highest BCUT2D eigenvalue weighted by Crippen LogP contribution is 2.27. The number of piperidine rings is 1. The van der Waals surface area contributed by atoms with Gasteiger partial charge >= 0.3 is 0 Å². The molecular weight excluding hydrogens is 324 g/mol. The molecule has 3 rings (SSSR count). The van der Waals surface area contributed by atoms with Crippen LogP contribution in [0.1, 0.15) is 52.1 Å². The van der Waals surface area contributed by atoms with E-state index in [0.29, 0.717) is 12.0 Å². The van der Waals surface area contributed by atoms with Gasteiger partial charge in [-0.25, -0.2) is 4.98 Å². The summed E-state index contributed by atoms with van der Waals surface area (Å²) in [6.45, 7) is 9.42. The van der Waals surface area contributed by atoms with Gasteiger partial charge in [-0.2, -0.15) is 4.98 Å². The maximum atomic E-state index is 5.70. The largest absolute Gasteiger partial charge is 0.491 e. The molecule has 0 radical (unpaired) electrons. The average Bonchev–Trinajstić information content (AvgIpc) is 2.62. The second-order valence-electron chi connectivity index (χ2n) is 7.26. The van der Waals surface area contributed by atoms with E-state index in [1.54, 1.807) is 0 Å². The smallest absolute Gasteiger partial charge is 0.229 e. The van der Waals surface area contributed by atoms with Gasteiger partial charge in [-0.05, 0) is 70.7 Å². The van der Waals surface area contributed by atoms with Crippen LogP contribution in [0.2, 0.25) is 0 Å². The Hall–Kier alpha value is -2.30. The molecule has 5 nitrogen and oxygen atoms in total. The van der Waals surface area contributed by atoms with Gasteiger partial charge < -0.3 is 15.0 Å². The number of rotatable bonds is 6. The van der Waals surface area contributed by atoms with Crippen molar-refractivity contribution >= 4 is 17.5 Å². The topological polar surface area (TPSA) is 50.3 Å². The number of nitrogens with zero attached hydrogens (tertiary/aromatic N) is 3. The average molecular weight is 354 g/mol. The molecule has 0 spiro atoms. The molecule has 0 aliphatic carbocycles. The van der Waals surface area contributed by atoms with Crippen LogP contribution in [0.15, 0.2) is 30.3 Å². The fourth-order valence-electron chi connectivity index (χ4n) is 3.50. The molecule has 1 aromatic heterocycles. The van der Waals surface area contributed by atoms with Gasteiger partial charge in [0.15, 0.2) is 0 Å². The van der Waals surface area contributed by atoms with Crippen LogP contribution in [-0.2, 0) is 0 Å². The van der Waals surface area contributed by atoms with Crippen molar-refractivity contribution in [3.8, 4) is 5.75 Å². The van der Waals surface area contributed by atoms with Crippen molar-refractivity contribution in [1.29, 1.82) is 0 Å². The lowest BCUT2D eigenvalue weighted by Crippen LogP contribution is -2.39. The quantitative estimate of drug-likeness (QED) is 0.783. The minimum Gasteiger partial charge on any atom is -0.491 e. The van der Waals surface area contributed by atoms with Gasteiger partial charge in [0, 0.05) is 30.0 Å². The molecule has 1 unspecified atom stereocenters. The van der Waals surface area contributed by atoms with Crippen LogP contribution < -0.4 is 15.0 Å². The van der Waals surface area contributed by atoms with E-state index in [2.05, 4.69) is 28.2 Å². The van der Waals surface area contributed by atoms with Crippen molar-refractivity contribution < 1.29 is 4.74 Å². The van der Waals surface area contributed by atoms with E-state index >= 15 is 0 Å². The Morgan fingerprint density at radius 1 is 1.19 bits per heavy atom. The summed E-state index contributed by atoms with van der Waals surface area (Å²) in [6.07, 6.45) is 5.13. The van der Waals surface area contributed by atoms with Gasteiger partial charge in [0.2, 0.25) is 5.95 Å². The van der Waals surface area contributed by atoms with Crippen LogP contribution in [0.25, 0.3) is 0 Å². The number of aromatic nitrogens is 2. The predicted molar refractivity (Wildman–Crippen MR) is 108 cm³/mol. The van der Waals surface area contributed by atoms with Gasteiger partial charge in [-0.1, -0.05) is 6.92 Å². The molecule has 5 heteroatoms. The third kappa shape index (κ3) is 4.65. The first-order chi connectivity index (χ1) is 12.5. The molecule has 1 atom stereocenters. The first-order valence-corrected chi connectivity index (χ1v) is 9.71. The summed E-state index contributed by atoms with van der Waals surface area (Å²) in [4.78, 5) is 11.8. The second kappa shape index (κ2) is 8.39. The molecule has 1 N–H and O–H groups in total. The molecule has 1 aromatic carbocycles. The number of hydrogen-bond donors (Lipinski definition) is 1. The summed E-state index contributed by atoms with van der Waals surface area (Å²) in [5.74, 6) is 2.56. The Labute approximate surface area is 156 Å². The van der Waals surface area contributed by atoms with Gasteiger partial charge in [0.1, 0.15) is 11.6 Å². The molecule has 1 aliphatic heterocycles. The SMILES string of the molecule is CCC1CCCCN1c1cc(C)nc(Nc2ccc(OC(C)C)cc2)n1. The fourth-order valence-corrected chi connectivity index (χ4v) is 3.50. The Morgan fingerprint density at radius 2 is 1.96 bits per heavy atom. The highest BCUT2D eigenvalue weighted by molar-refractivity contribution is 5.57. The van der Waals surface area contributed by atoms with Crippen LogP contribution in [0, 0.1) is 6.92 Å². The van der Waals surface area contributed by atoms with Crippen molar-refractivity contribution in [2.24, 2.45) is 0 Å². The van der Waals surface area contributed by atoms with Gasteiger partial charge in [0.05, 0.1) is 6.10 Å². The van der Waals surface area contributed by atoms with Crippen LogP contribution in [0.5, 0.6) is 5.75 Å². The molecule has 0 bridgehead atoms. The molecular formula is C21H30N4O. The lowest BCUT2D eigenvalue weighted by molar-refractivity contribution is 0.242. The normalized spacial score (nSPS) is 17.4. The summed E-state index contributed by atoms with van der Waals surface area (Å²) in [6, 6.07) is 10.6. The van der Waals surface area contributed by atoms with Crippen molar-refractivity contribution in [1.82, 2.24) is 9.97 Å². The summed E-state index contributed by atoms with van der Waals surface area (Å²) in [7, 11) is 0. The fraction of sp³-hybridized carbons (Fsp3) is 0.524. The maximum Gasteiger partial charge on any atom is 0.229 e. The van der Waals surface area contributed by atoms with Crippen molar-refractivity contribution in [3.63, 3.8) is 0 Å². The Balaban J connectivity index is 1.77. The van der Waals surface area contributed by atoms with E-state index < -0.39 is 0 Å². The van der Waals surface area contributed by atoms with Gasteiger partial charge in [-0.15, -0.1) is 0 Å². The summed E-state index contributed by atoms with van der Waals surface area (Å²) in [5.41, 5.74) is 1.95. The van der Waals surface area contributed by atoms with Crippen molar-refractivity contribution in [3.05, 3.63) is 36.0 Å². The molecule has 26 heavy (non-hydrogen) atoms. The first kappa shape index (κ1) is 18.5. The Kier molecular flexibility index (Phi) is 5.96. The van der Waals surface area contributed by atoms with E-state index in [0.717, 1.165) is 35.9 Å². The van der Waals surface area contributed by atoms with E-state index in [-0.39, 0.29) is 6.10 Å². The van der Waals surface area contributed by atoms with Crippen LogP contribution in [0.3, 0.4) is 0 Å². The molecule has 2 heterocycles. The van der Waals surface area contributed by atoms with Gasteiger partial charge in [0.25, 0.3) is 0 Å². The number of aryl methyl sites for hydroxylation is 1. The van der Waals surface area contributed by atoms with Crippen LogP contribution in [-0.4, -0.2) is 28.7 Å². The number of nitrogens with one attached hydrogen (secondary N) is 1. The van der Waals surface area contributed by atoms with E-state index in [1.807, 2.05) is 45.0 Å². The standard InChI is InChI=1S/C21H30N4O/c1-5-18-8-6-7-13-25(18)20-14-16(4)22-21(24-20)23-17-9-11-19(12-10-17)26-15(2)3/h9-12,14-15,18H,5-8,13H2,1-4H3,(H,22,23,24). The summed E-state index contributed by atoms with van der Waals surface area (Å²) in [5, 5.41) is 3.33. The monoisotopic (exact) mass is 354 g/mol. The van der Waals surface area contributed by atoms with Crippen LogP contribution >= 0.6 is 0 Å². The molecule has 0 amide bonds. The summed E-state index contributed by atoms with van der Waals surface area (Å²) >= 11 is 0. The first-order valence-electron chi connectivity index (χ1n) is 9.71. The third-order valence-corrected chi connectivity index (χ3v) is 4.72. The lowest BCUT2D eigenvalue weighted by atomic mass is 10.00. The second-order valence-corrected chi connectivity index (χ2v) is 7.26. The number of ether oxygens (including phenoxy) is 1. The Morgan fingerprint density at radius 3 is 2.65 bits per heavy atom. The van der Waals surface area contributed by atoms with E-state index in [9.17, 15) is 0 Å². The molecule has 140 valence electrons. The highest BCUT2D eigenvalue weighted by Gasteiger charge is 2.22. The molecule has 1 fully saturated rings. The minimum atomic E-state index is 0.174. The zero-order chi connectivity index (χ0) is 18.5. The zero-order valence-corrected chi connectivity index (χ0v) is 16.3. The van der Waals surface area contributed by atoms with Gasteiger partial charge in [-0.3, -0.25) is 0 Å². The highest BCUT2D eigenvalue weighted by atomic mass is 16.5. The predicted octanol–water partition coefficient (Wildman–Crippen LogP) is 5.08. The number of anilines is 3. The maximum absolute atomic E-state index is 5.70. The summed E-state index contributed by atoms with van der Waals surface area (Å²) < 4.78 is 5.70. The molecule has 2 aromatic rings. The third-order valence-electron chi connectivity index (χ3n) is 4.72. The number of hydrogen-bond acceptors (Lipinski definition) is 5. The minimum absolute atomic E-state index is 0.174. The zero-order valence-electron chi connectivity index (χ0n) is 16.3. The lowest BCUT2D eigenvalue weighted by Gasteiger charge is -2.36. The van der Waals surface area contributed by atoms with Crippen LogP contribution in [0.4, 0.5) is 17.5 Å². The number of benzene rings is 1. The van der Waals surface area contributed by atoms with Crippen molar-refractivity contribution in [2.45, 2.75) is 65.5 Å². The molecule has 1 aliphatic rings. The Bertz CT molecular complexity index is 714. The van der Waals surface area contributed by atoms with E-state index in [4.69, 9.17) is 9.72 Å². The molecule has 0 saturated carbocycles.